The third kappa shape index (κ3) is 4.72. The standard InChI is InChI=1S/C23H34/c1-3-19-10-14-22(15-11-19)23-16-12-21(13-17-23)9-8-20-6-4-18(2)5-7-20/h4-7,12,19,22-23H,3,8-11,13-17H2,1-2H3. The monoisotopic (exact) mass is 310 g/mol. The molecule has 0 radical (unpaired) electrons. The van der Waals surface area contributed by atoms with E-state index in [1.807, 2.05) is 0 Å². The first-order valence-corrected chi connectivity index (χ1v) is 9.98. The van der Waals surface area contributed by atoms with Gasteiger partial charge in [-0.2, -0.15) is 0 Å². The molecule has 0 aromatic heterocycles. The third-order valence-corrected chi connectivity index (χ3v) is 6.54. The predicted molar refractivity (Wildman–Crippen MR) is 101 cm³/mol. The van der Waals surface area contributed by atoms with Crippen molar-refractivity contribution < 1.29 is 0 Å². The van der Waals surface area contributed by atoms with Gasteiger partial charge in [0.1, 0.15) is 0 Å². The van der Waals surface area contributed by atoms with Crippen LogP contribution in [0.5, 0.6) is 0 Å². The smallest absolute Gasteiger partial charge is 0.0241 e. The number of benzene rings is 1. The molecule has 126 valence electrons. The third-order valence-electron chi connectivity index (χ3n) is 6.54. The van der Waals surface area contributed by atoms with Gasteiger partial charge in [0.2, 0.25) is 0 Å². The van der Waals surface area contributed by atoms with Crippen LogP contribution in [0, 0.1) is 24.7 Å². The minimum Gasteiger partial charge on any atom is -0.0850 e. The molecule has 1 fully saturated rings. The molecule has 0 amide bonds. The first kappa shape index (κ1) is 16.8. The van der Waals surface area contributed by atoms with Gasteiger partial charge in [-0.25, -0.2) is 0 Å². The van der Waals surface area contributed by atoms with Crippen molar-refractivity contribution in [2.24, 2.45) is 17.8 Å². The summed E-state index contributed by atoms with van der Waals surface area (Å²) in [4.78, 5) is 0. The average Bonchev–Trinajstić information content (AvgIpc) is 2.62. The van der Waals surface area contributed by atoms with E-state index in [0.717, 1.165) is 17.8 Å². The van der Waals surface area contributed by atoms with Crippen LogP contribution in [0.3, 0.4) is 0 Å². The molecule has 1 atom stereocenters. The second kappa shape index (κ2) is 8.18. The van der Waals surface area contributed by atoms with E-state index in [1.54, 1.807) is 5.57 Å². The summed E-state index contributed by atoms with van der Waals surface area (Å²) >= 11 is 0. The van der Waals surface area contributed by atoms with E-state index in [9.17, 15) is 0 Å². The van der Waals surface area contributed by atoms with Crippen LogP contribution in [-0.4, -0.2) is 0 Å². The zero-order valence-electron chi connectivity index (χ0n) is 15.2. The molecular weight excluding hydrogens is 276 g/mol. The van der Waals surface area contributed by atoms with Crippen molar-refractivity contribution in [3.05, 3.63) is 47.0 Å². The van der Waals surface area contributed by atoms with E-state index in [1.165, 1.54) is 75.3 Å². The van der Waals surface area contributed by atoms with Gasteiger partial charge in [-0.3, -0.25) is 0 Å². The number of hydrogen-bond donors (Lipinski definition) is 0. The van der Waals surface area contributed by atoms with Crippen LogP contribution in [0.25, 0.3) is 0 Å². The Kier molecular flexibility index (Phi) is 5.97. The zero-order valence-corrected chi connectivity index (χ0v) is 15.2. The Hall–Kier alpha value is -1.04. The Balaban J connectivity index is 1.44. The molecular formula is C23H34. The van der Waals surface area contributed by atoms with Crippen LogP contribution in [0.1, 0.15) is 75.8 Å². The summed E-state index contributed by atoms with van der Waals surface area (Å²) in [6.45, 7) is 4.54. The highest BCUT2D eigenvalue weighted by Gasteiger charge is 2.27. The Morgan fingerprint density at radius 3 is 2.22 bits per heavy atom. The minimum absolute atomic E-state index is 0.996. The summed E-state index contributed by atoms with van der Waals surface area (Å²) in [7, 11) is 0. The molecule has 1 aromatic carbocycles. The van der Waals surface area contributed by atoms with Crippen LogP contribution in [0.4, 0.5) is 0 Å². The SMILES string of the molecule is CCC1CCC(C2CC=C(CCc3ccc(C)cc3)CC2)CC1. The molecule has 2 aliphatic carbocycles. The van der Waals surface area contributed by atoms with Gasteiger partial charge in [-0.15, -0.1) is 0 Å². The molecule has 0 spiro atoms. The largest absolute Gasteiger partial charge is 0.0850 e. The molecule has 0 heteroatoms. The van der Waals surface area contributed by atoms with Crippen LogP contribution >= 0.6 is 0 Å². The number of aryl methyl sites for hydroxylation is 2. The van der Waals surface area contributed by atoms with E-state index in [-0.39, 0.29) is 0 Å². The van der Waals surface area contributed by atoms with Gasteiger partial charge >= 0.3 is 0 Å². The normalized spacial score (nSPS) is 28.4. The Labute approximate surface area is 143 Å². The predicted octanol–water partition coefficient (Wildman–Crippen LogP) is 6.87. The topological polar surface area (TPSA) is 0 Å². The lowest BCUT2D eigenvalue weighted by Crippen LogP contribution is -2.23. The molecule has 1 saturated carbocycles. The summed E-state index contributed by atoms with van der Waals surface area (Å²) in [6.07, 6.45) is 16.7. The second-order valence-electron chi connectivity index (χ2n) is 8.07. The van der Waals surface area contributed by atoms with Crippen LogP contribution in [0.2, 0.25) is 0 Å². The van der Waals surface area contributed by atoms with E-state index in [0.29, 0.717) is 0 Å². The molecule has 0 bridgehead atoms. The lowest BCUT2D eigenvalue weighted by Gasteiger charge is -2.35. The summed E-state index contributed by atoms with van der Waals surface area (Å²) < 4.78 is 0. The van der Waals surface area contributed by atoms with Crippen LogP contribution in [-0.2, 0) is 6.42 Å². The average molecular weight is 311 g/mol. The maximum absolute atomic E-state index is 2.61. The Morgan fingerprint density at radius 1 is 0.870 bits per heavy atom. The molecule has 1 unspecified atom stereocenters. The summed E-state index contributed by atoms with van der Waals surface area (Å²) in [5.41, 5.74) is 4.59. The first-order valence-electron chi connectivity index (χ1n) is 9.98. The lowest BCUT2D eigenvalue weighted by molar-refractivity contribution is 0.189. The van der Waals surface area contributed by atoms with E-state index < -0.39 is 0 Å². The highest BCUT2D eigenvalue weighted by atomic mass is 14.3. The summed E-state index contributed by atoms with van der Waals surface area (Å²) in [5, 5.41) is 0. The molecule has 2 aliphatic rings. The van der Waals surface area contributed by atoms with Gasteiger partial charge < -0.3 is 0 Å². The van der Waals surface area contributed by atoms with Crippen molar-refractivity contribution in [2.45, 2.75) is 78.1 Å². The maximum Gasteiger partial charge on any atom is -0.0241 e. The molecule has 1 aromatic rings. The molecule has 0 aliphatic heterocycles. The number of rotatable bonds is 5. The van der Waals surface area contributed by atoms with Gasteiger partial charge in [0.25, 0.3) is 0 Å². The molecule has 0 N–H and O–H groups in total. The van der Waals surface area contributed by atoms with Gasteiger partial charge in [-0.1, -0.05) is 67.7 Å². The maximum atomic E-state index is 2.61. The fraction of sp³-hybridized carbons (Fsp3) is 0.652. The Bertz CT molecular complexity index is 499. The second-order valence-corrected chi connectivity index (χ2v) is 8.07. The molecule has 23 heavy (non-hydrogen) atoms. The van der Waals surface area contributed by atoms with Crippen molar-refractivity contribution >= 4 is 0 Å². The fourth-order valence-corrected chi connectivity index (χ4v) is 4.69. The number of allylic oxidation sites excluding steroid dienone is 2. The minimum atomic E-state index is 0.996. The van der Waals surface area contributed by atoms with E-state index >= 15 is 0 Å². The quantitative estimate of drug-likeness (QED) is 0.520. The summed E-state index contributed by atoms with van der Waals surface area (Å²) in [6, 6.07) is 9.09. The molecule has 0 heterocycles. The van der Waals surface area contributed by atoms with Crippen molar-refractivity contribution in [3.63, 3.8) is 0 Å². The highest BCUT2D eigenvalue weighted by Crippen LogP contribution is 2.40. The van der Waals surface area contributed by atoms with Crippen molar-refractivity contribution in [1.82, 2.24) is 0 Å². The zero-order chi connectivity index (χ0) is 16.1. The van der Waals surface area contributed by atoms with E-state index in [2.05, 4.69) is 44.2 Å². The van der Waals surface area contributed by atoms with Crippen LogP contribution in [0.15, 0.2) is 35.9 Å². The first-order chi connectivity index (χ1) is 11.2. The molecule has 0 nitrogen and oxygen atoms in total. The molecule has 3 rings (SSSR count). The summed E-state index contributed by atoms with van der Waals surface area (Å²) in [5.74, 6) is 3.07. The van der Waals surface area contributed by atoms with Crippen molar-refractivity contribution in [2.75, 3.05) is 0 Å². The van der Waals surface area contributed by atoms with Gasteiger partial charge in [-0.05, 0) is 75.2 Å². The fourth-order valence-electron chi connectivity index (χ4n) is 4.69. The van der Waals surface area contributed by atoms with Gasteiger partial charge in [0.15, 0.2) is 0 Å². The van der Waals surface area contributed by atoms with E-state index in [4.69, 9.17) is 0 Å². The highest BCUT2D eigenvalue weighted by molar-refractivity contribution is 5.22. The lowest BCUT2D eigenvalue weighted by atomic mass is 9.71. The van der Waals surface area contributed by atoms with Gasteiger partial charge in [0.05, 0.1) is 0 Å². The van der Waals surface area contributed by atoms with Crippen molar-refractivity contribution in [1.29, 1.82) is 0 Å². The van der Waals surface area contributed by atoms with Crippen LogP contribution < -0.4 is 0 Å². The molecule has 0 saturated heterocycles. The Morgan fingerprint density at radius 2 is 1.61 bits per heavy atom. The van der Waals surface area contributed by atoms with Gasteiger partial charge in [0, 0.05) is 0 Å². The van der Waals surface area contributed by atoms with Crippen molar-refractivity contribution in [3.8, 4) is 0 Å². The number of hydrogen-bond acceptors (Lipinski definition) is 0.